The third-order valence-electron chi connectivity index (χ3n) is 5.97. The number of nitrogens with zero attached hydrogens (tertiary/aromatic N) is 2. The average Bonchev–Trinajstić information content (AvgIpc) is 3.53. The zero-order chi connectivity index (χ0) is 26.8. The Balaban J connectivity index is 2.09. The van der Waals surface area contributed by atoms with Gasteiger partial charge >= 0.3 is 5.97 Å². The Morgan fingerprint density at radius 2 is 1.42 bits per heavy atom. The van der Waals surface area contributed by atoms with E-state index in [-0.39, 0.29) is 24.7 Å². The van der Waals surface area contributed by atoms with Crippen LogP contribution in [0.3, 0.4) is 0 Å². The zero-order valence-electron chi connectivity index (χ0n) is 20.9. The monoisotopic (exact) mass is 504 g/mol. The number of amides is 3. The summed E-state index contributed by atoms with van der Waals surface area (Å²) in [6.07, 6.45) is 6.73. The Kier molecular flexibility index (Phi) is 10.6. The molecule has 0 spiro atoms. The summed E-state index contributed by atoms with van der Waals surface area (Å²) in [7, 11) is 0. The van der Waals surface area contributed by atoms with E-state index in [1.54, 1.807) is 27.0 Å². The molecule has 2 aromatic rings. The third-order valence-corrected chi connectivity index (χ3v) is 5.97. The molecule has 0 saturated carbocycles. The molecule has 0 bridgehead atoms. The summed E-state index contributed by atoms with van der Waals surface area (Å²) in [5.74, 6) is -3.54. The van der Waals surface area contributed by atoms with Crippen LogP contribution in [0.4, 0.5) is 0 Å². The molecule has 0 aromatic carbocycles. The smallest absolute Gasteiger partial charge is 0.326 e. The van der Waals surface area contributed by atoms with Crippen LogP contribution in [0.25, 0.3) is 0 Å². The Morgan fingerprint density at radius 1 is 0.889 bits per heavy atom. The van der Waals surface area contributed by atoms with Crippen molar-refractivity contribution in [3.8, 4) is 0 Å². The molecule has 0 fully saturated rings. The number of imidazole rings is 2. The maximum absolute atomic E-state index is 13.2. The lowest BCUT2D eigenvalue weighted by Crippen LogP contribution is -2.60. The van der Waals surface area contributed by atoms with Gasteiger partial charge in [0.15, 0.2) is 0 Å². The molecule has 5 unspecified atom stereocenters. The van der Waals surface area contributed by atoms with Crippen molar-refractivity contribution in [3.05, 3.63) is 36.4 Å². The molecule has 8 N–H and O–H groups in total. The van der Waals surface area contributed by atoms with Gasteiger partial charge in [0.1, 0.15) is 18.1 Å². The van der Waals surface area contributed by atoms with Crippen LogP contribution in [0.1, 0.15) is 45.5 Å². The normalized spacial score (nSPS) is 15.4. The van der Waals surface area contributed by atoms with Crippen LogP contribution in [0.15, 0.2) is 25.0 Å². The van der Waals surface area contributed by atoms with Crippen LogP contribution in [0.2, 0.25) is 0 Å². The molecule has 36 heavy (non-hydrogen) atoms. The number of aliphatic carboxylic acids is 1. The Labute approximate surface area is 209 Å². The van der Waals surface area contributed by atoms with E-state index < -0.39 is 47.9 Å². The van der Waals surface area contributed by atoms with E-state index in [1.165, 1.54) is 18.9 Å². The van der Waals surface area contributed by atoms with Crippen LogP contribution >= 0.6 is 0 Å². The second-order valence-corrected chi connectivity index (χ2v) is 9.17. The standard InChI is InChI=1S/C23H36N8O5/c1-5-13(4)19(31-20(32)16(24)6-14-8-25-10-27-14)22(34)30-18(12(2)3)21(33)29-17(23(35)36)7-15-9-26-11-28-15/h8-13,16-19H,5-7,24H2,1-4H3,(H,25,27)(H,26,28)(H,29,33)(H,30,34)(H,31,32)(H,35,36). The molecule has 2 heterocycles. The number of carboxylic acid groups (broad SMARTS) is 1. The second-order valence-electron chi connectivity index (χ2n) is 9.17. The van der Waals surface area contributed by atoms with E-state index in [0.29, 0.717) is 17.8 Å². The van der Waals surface area contributed by atoms with Crippen LogP contribution in [0.5, 0.6) is 0 Å². The van der Waals surface area contributed by atoms with Gasteiger partial charge in [0.2, 0.25) is 17.7 Å². The summed E-state index contributed by atoms with van der Waals surface area (Å²) < 4.78 is 0. The molecule has 198 valence electrons. The number of aromatic amines is 2. The first kappa shape index (κ1) is 28.5. The summed E-state index contributed by atoms with van der Waals surface area (Å²) in [5, 5.41) is 17.4. The first-order chi connectivity index (χ1) is 17.0. The molecule has 0 radical (unpaired) electrons. The third kappa shape index (κ3) is 8.18. The molecule has 2 aromatic heterocycles. The molecule has 5 atom stereocenters. The van der Waals surface area contributed by atoms with E-state index in [4.69, 9.17) is 5.73 Å². The molecule has 13 heteroatoms. The van der Waals surface area contributed by atoms with Crippen molar-refractivity contribution in [2.45, 2.75) is 71.1 Å². The van der Waals surface area contributed by atoms with Gasteiger partial charge in [-0.05, 0) is 11.8 Å². The predicted molar refractivity (Wildman–Crippen MR) is 130 cm³/mol. The van der Waals surface area contributed by atoms with Crippen molar-refractivity contribution in [1.82, 2.24) is 35.9 Å². The number of aromatic nitrogens is 4. The highest BCUT2D eigenvalue weighted by molar-refractivity contribution is 5.94. The van der Waals surface area contributed by atoms with Gasteiger partial charge in [-0.1, -0.05) is 34.1 Å². The SMILES string of the molecule is CCC(C)C(NC(=O)C(N)Cc1cnc[nH]1)C(=O)NC(C(=O)NC(Cc1cnc[nH]1)C(=O)O)C(C)C. The molecule has 3 amide bonds. The van der Waals surface area contributed by atoms with Crippen LogP contribution in [-0.4, -0.2) is 72.9 Å². The van der Waals surface area contributed by atoms with Crippen molar-refractivity contribution in [1.29, 1.82) is 0 Å². The van der Waals surface area contributed by atoms with E-state index in [9.17, 15) is 24.3 Å². The predicted octanol–water partition coefficient (Wildman–Crippen LogP) is -0.514. The van der Waals surface area contributed by atoms with E-state index >= 15 is 0 Å². The fraction of sp³-hybridized carbons (Fsp3) is 0.565. The first-order valence-electron chi connectivity index (χ1n) is 11.9. The number of carbonyl (C=O) groups excluding carboxylic acids is 3. The summed E-state index contributed by atoms with van der Waals surface area (Å²) >= 11 is 0. The van der Waals surface area contributed by atoms with Gasteiger partial charge in [-0.25, -0.2) is 14.8 Å². The summed E-state index contributed by atoms with van der Waals surface area (Å²) in [6, 6.07) is -4.10. The molecule has 0 aliphatic rings. The fourth-order valence-corrected chi connectivity index (χ4v) is 3.54. The topological polar surface area (TPSA) is 208 Å². The van der Waals surface area contributed by atoms with E-state index in [1.807, 2.05) is 6.92 Å². The minimum atomic E-state index is -1.22. The zero-order valence-corrected chi connectivity index (χ0v) is 20.9. The molecule has 13 nitrogen and oxygen atoms in total. The van der Waals surface area contributed by atoms with Gasteiger partial charge in [-0.2, -0.15) is 0 Å². The Bertz CT molecular complexity index is 992. The van der Waals surface area contributed by atoms with Gasteiger partial charge in [-0.3, -0.25) is 14.4 Å². The van der Waals surface area contributed by atoms with Gasteiger partial charge in [-0.15, -0.1) is 0 Å². The maximum Gasteiger partial charge on any atom is 0.326 e. The van der Waals surface area contributed by atoms with Gasteiger partial charge < -0.3 is 36.8 Å². The Hall–Kier alpha value is -3.74. The molecule has 0 aliphatic carbocycles. The lowest BCUT2D eigenvalue weighted by molar-refractivity contribution is -0.142. The first-order valence-corrected chi connectivity index (χ1v) is 11.9. The lowest BCUT2D eigenvalue weighted by Gasteiger charge is -2.29. The highest BCUT2D eigenvalue weighted by Crippen LogP contribution is 2.11. The number of nitrogens with one attached hydrogen (secondary N) is 5. The second kappa shape index (κ2) is 13.4. The lowest BCUT2D eigenvalue weighted by atomic mass is 9.96. The number of H-pyrrole nitrogens is 2. The van der Waals surface area contributed by atoms with Gasteiger partial charge in [0.05, 0.1) is 18.7 Å². The van der Waals surface area contributed by atoms with E-state index in [0.717, 1.165) is 0 Å². The highest BCUT2D eigenvalue weighted by Gasteiger charge is 2.33. The van der Waals surface area contributed by atoms with Crippen molar-refractivity contribution in [3.63, 3.8) is 0 Å². The number of hydrogen-bond acceptors (Lipinski definition) is 7. The van der Waals surface area contributed by atoms with Gasteiger partial charge in [0, 0.05) is 36.6 Å². The van der Waals surface area contributed by atoms with Crippen molar-refractivity contribution in [2.24, 2.45) is 17.6 Å². The number of nitrogens with two attached hydrogens (primary N) is 1. The molecule has 2 rings (SSSR count). The van der Waals surface area contributed by atoms with Crippen molar-refractivity contribution in [2.75, 3.05) is 0 Å². The Morgan fingerprint density at radius 3 is 1.89 bits per heavy atom. The minimum Gasteiger partial charge on any atom is -0.480 e. The number of hydrogen-bond donors (Lipinski definition) is 7. The number of rotatable bonds is 14. The van der Waals surface area contributed by atoms with Crippen LogP contribution < -0.4 is 21.7 Å². The molecule has 0 aliphatic heterocycles. The summed E-state index contributed by atoms with van der Waals surface area (Å²) in [5.41, 5.74) is 7.24. The number of carboxylic acids is 1. The van der Waals surface area contributed by atoms with Gasteiger partial charge in [0.25, 0.3) is 0 Å². The average molecular weight is 505 g/mol. The van der Waals surface area contributed by atoms with Crippen molar-refractivity contribution < 1.29 is 24.3 Å². The quantitative estimate of drug-likeness (QED) is 0.178. The summed E-state index contributed by atoms with van der Waals surface area (Å²) in [4.78, 5) is 64.1. The minimum absolute atomic E-state index is 0.000391. The van der Waals surface area contributed by atoms with Crippen molar-refractivity contribution >= 4 is 23.7 Å². The number of carbonyl (C=O) groups is 4. The van der Waals surface area contributed by atoms with Crippen LogP contribution in [0, 0.1) is 11.8 Å². The molecular weight excluding hydrogens is 468 g/mol. The molecule has 0 saturated heterocycles. The largest absolute Gasteiger partial charge is 0.480 e. The molecular formula is C23H36N8O5. The maximum atomic E-state index is 13.2. The van der Waals surface area contributed by atoms with E-state index in [2.05, 4.69) is 35.9 Å². The summed E-state index contributed by atoms with van der Waals surface area (Å²) in [6.45, 7) is 7.14. The fourth-order valence-electron chi connectivity index (χ4n) is 3.54. The van der Waals surface area contributed by atoms with Crippen LogP contribution in [-0.2, 0) is 32.0 Å². The highest BCUT2D eigenvalue weighted by atomic mass is 16.4.